The number of aryl methyl sites for hydroxylation is 2. The molecule has 0 unspecified atom stereocenters. The molecule has 7 heteroatoms. The maximum atomic E-state index is 13.6. The molecule has 0 aliphatic carbocycles. The molecule has 188 valence electrons. The average Bonchev–Trinajstić information content (AvgIpc) is 3.25. The molecule has 2 aromatic rings. The first kappa shape index (κ1) is 25.8. The Kier molecular flexibility index (Phi) is 7.99. The highest BCUT2D eigenvalue weighted by Crippen LogP contribution is 2.45. The number of carbonyl (C=O) groups is 2. The maximum Gasteiger partial charge on any atom is 0.338 e. The molecule has 0 bridgehead atoms. The molecule has 0 aromatic heterocycles. The molecule has 0 saturated heterocycles. The minimum absolute atomic E-state index is 0.0448. The number of rotatable bonds is 8. The smallest absolute Gasteiger partial charge is 0.338 e. The lowest BCUT2D eigenvalue weighted by Gasteiger charge is -2.37. The average molecular weight is 504 g/mol. The van der Waals surface area contributed by atoms with Gasteiger partial charge in [-0.2, -0.15) is 0 Å². The number of nitrogens with one attached hydrogen (secondary N) is 1. The summed E-state index contributed by atoms with van der Waals surface area (Å²) in [6, 6.07) is 15.6. The van der Waals surface area contributed by atoms with Crippen molar-refractivity contribution in [2.24, 2.45) is 4.99 Å². The molecule has 0 saturated carbocycles. The van der Waals surface area contributed by atoms with Crippen LogP contribution in [0.15, 0.2) is 75.9 Å². The van der Waals surface area contributed by atoms with E-state index >= 15 is 0 Å². The number of amides is 1. The lowest BCUT2D eigenvalue weighted by atomic mass is 9.90. The molecule has 6 nitrogen and oxygen atoms in total. The Bertz CT molecular complexity index is 1250. The van der Waals surface area contributed by atoms with Gasteiger partial charge in [-0.15, -0.1) is 0 Å². The molecule has 2 atom stereocenters. The first-order chi connectivity index (χ1) is 17.3. The first-order valence-corrected chi connectivity index (χ1v) is 13.2. The van der Waals surface area contributed by atoms with Crippen LogP contribution in [0.3, 0.4) is 0 Å². The number of benzene rings is 2. The van der Waals surface area contributed by atoms with Crippen LogP contribution in [0, 0.1) is 13.8 Å². The van der Waals surface area contributed by atoms with Crippen LogP contribution in [0.2, 0.25) is 0 Å². The van der Waals surface area contributed by atoms with Crippen LogP contribution in [-0.2, 0) is 20.9 Å². The second-order valence-corrected chi connectivity index (χ2v) is 10.2. The number of fused-ring (bicyclic) bond motifs is 1. The van der Waals surface area contributed by atoms with Crippen LogP contribution in [0.25, 0.3) is 0 Å². The minimum atomic E-state index is -0.432. The van der Waals surface area contributed by atoms with Crippen LogP contribution in [0.5, 0.6) is 0 Å². The highest BCUT2D eigenvalue weighted by atomic mass is 32.2. The number of ether oxygens (including phenoxy) is 1. The summed E-state index contributed by atoms with van der Waals surface area (Å²) in [5, 5.41) is 5.79. The van der Waals surface area contributed by atoms with Crippen LogP contribution >= 0.6 is 11.8 Å². The predicted molar refractivity (Wildman–Crippen MR) is 145 cm³/mol. The number of aliphatic imine (C=N–C) groups is 1. The fourth-order valence-corrected chi connectivity index (χ4v) is 5.34. The quantitative estimate of drug-likeness (QED) is 0.452. The molecule has 4 rings (SSSR count). The van der Waals surface area contributed by atoms with Crippen LogP contribution in [0.1, 0.15) is 61.9 Å². The van der Waals surface area contributed by atoms with Gasteiger partial charge in [0.1, 0.15) is 6.61 Å². The van der Waals surface area contributed by atoms with E-state index in [2.05, 4.69) is 23.5 Å². The summed E-state index contributed by atoms with van der Waals surface area (Å²) in [6.45, 7) is 10.2. The monoisotopic (exact) mass is 503 g/mol. The van der Waals surface area contributed by atoms with Crippen molar-refractivity contribution in [3.05, 3.63) is 93.2 Å². The maximum absolute atomic E-state index is 13.6. The molecule has 2 aliphatic heterocycles. The Morgan fingerprint density at radius 2 is 1.89 bits per heavy atom. The summed E-state index contributed by atoms with van der Waals surface area (Å²) in [5.74, 6) is -0.443. The van der Waals surface area contributed by atoms with Crippen molar-refractivity contribution in [1.29, 1.82) is 0 Å². The van der Waals surface area contributed by atoms with Crippen LogP contribution in [0.4, 0.5) is 0 Å². The van der Waals surface area contributed by atoms with E-state index in [0.29, 0.717) is 11.3 Å². The largest absolute Gasteiger partial charge is 0.457 e. The Morgan fingerprint density at radius 3 is 2.61 bits per heavy atom. The topological polar surface area (TPSA) is 71.0 Å². The summed E-state index contributed by atoms with van der Waals surface area (Å²) >= 11 is 1.48. The molecule has 0 radical (unpaired) electrons. The zero-order valence-electron chi connectivity index (χ0n) is 21.5. The SMILES string of the molecule is CC[C@@H](C)NC(=O)CC1=CSC2=NC(C)=C(C(=O)OCc3ccccc3)[C@H](c3cc(C)ccc3C)N12. The van der Waals surface area contributed by atoms with Gasteiger partial charge in [0.2, 0.25) is 5.91 Å². The van der Waals surface area contributed by atoms with Gasteiger partial charge in [0.15, 0.2) is 5.17 Å². The van der Waals surface area contributed by atoms with Gasteiger partial charge in [0.25, 0.3) is 0 Å². The van der Waals surface area contributed by atoms with E-state index in [1.807, 2.05) is 75.3 Å². The Hall–Kier alpha value is -3.32. The van der Waals surface area contributed by atoms with Crippen molar-refractivity contribution in [1.82, 2.24) is 10.2 Å². The fourth-order valence-electron chi connectivity index (χ4n) is 4.37. The third-order valence-electron chi connectivity index (χ3n) is 6.52. The van der Waals surface area contributed by atoms with E-state index in [-0.39, 0.29) is 25.0 Å². The molecule has 0 spiro atoms. The Morgan fingerprint density at radius 1 is 1.14 bits per heavy atom. The second kappa shape index (κ2) is 11.2. The molecule has 2 aromatic carbocycles. The summed E-state index contributed by atoms with van der Waals surface area (Å²) in [4.78, 5) is 33.2. The van der Waals surface area contributed by atoms with Gasteiger partial charge in [0.05, 0.1) is 23.7 Å². The summed E-state index contributed by atoms with van der Waals surface area (Å²) < 4.78 is 5.79. The lowest BCUT2D eigenvalue weighted by Crippen LogP contribution is -2.39. The first-order valence-electron chi connectivity index (χ1n) is 12.3. The van der Waals surface area contributed by atoms with Crippen molar-refractivity contribution in [3.8, 4) is 0 Å². The van der Waals surface area contributed by atoms with Gasteiger partial charge >= 0.3 is 5.97 Å². The van der Waals surface area contributed by atoms with Crippen molar-refractivity contribution in [2.75, 3.05) is 0 Å². The molecule has 2 aliphatic rings. The number of hydrogen-bond acceptors (Lipinski definition) is 6. The van der Waals surface area contributed by atoms with E-state index in [0.717, 1.165) is 39.5 Å². The fraction of sp³-hybridized carbons (Fsp3) is 0.345. The van der Waals surface area contributed by atoms with Crippen molar-refractivity contribution >= 4 is 28.8 Å². The highest BCUT2D eigenvalue weighted by Gasteiger charge is 2.41. The van der Waals surface area contributed by atoms with E-state index in [1.165, 1.54) is 11.8 Å². The van der Waals surface area contributed by atoms with Crippen LogP contribution < -0.4 is 5.32 Å². The molecule has 2 heterocycles. The molecular formula is C29H33N3O3S. The van der Waals surface area contributed by atoms with Crippen LogP contribution in [-0.4, -0.2) is 28.0 Å². The van der Waals surface area contributed by atoms with Crippen molar-refractivity contribution in [3.63, 3.8) is 0 Å². The lowest BCUT2D eigenvalue weighted by molar-refractivity contribution is -0.141. The van der Waals surface area contributed by atoms with Gasteiger partial charge in [-0.1, -0.05) is 72.8 Å². The molecular weight excluding hydrogens is 470 g/mol. The van der Waals surface area contributed by atoms with Gasteiger partial charge in [-0.25, -0.2) is 9.79 Å². The van der Waals surface area contributed by atoms with E-state index < -0.39 is 12.0 Å². The van der Waals surface area contributed by atoms with E-state index in [4.69, 9.17) is 9.73 Å². The molecule has 1 amide bonds. The Labute approximate surface area is 217 Å². The number of thioether (sulfide) groups is 1. The summed E-state index contributed by atoms with van der Waals surface area (Å²) in [7, 11) is 0. The molecule has 0 fully saturated rings. The zero-order chi connectivity index (χ0) is 25.8. The minimum Gasteiger partial charge on any atom is -0.457 e. The number of allylic oxidation sites excluding steroid dienone is 1. The van der Waals surface area contributed by atoms with Gasteiger partial charge in [0, 0.05) is 11.7 Å². The normalized spacial score (nSPS) is 17.8. The van der Waals surface area contributed by atoms with Crippen molar-refractivity contribution in [2.45, 2.75) is 66.2 Å². The third-order valence-corrected chi connectivity index (χ3v) is 7.41. The number of hydrogen-bond donors (Lipinski definition) is 1. The van der Waals surface area contributed by atoms with Gasteiger partial charge in [-0.05, 0) is 56.2 Å². The summed E-state index contributed by atoms with van der Waals surface area (Å²) in [5.41, 5.74) is 6.05. The van der Waals surface area contributed by atoms with E-state index in [1.54, 1.807) is 0 Å². The number of amidine groups is 1. The highest BCUT2D eigenvalue weighted by molar-refractivity contribution is 8.16. The van der Waals surface area contributed by atoms with Gasteiger partial charge in [-0.3, -0.25) is 4.79 Å². The summed E-state index contributed by atoms with van der Waals surface area (Å²) in [6.07, 6.45) is 1.07. The third kappa shape index (κ3) is 5.57. The number of nitrogens with zero attached hydrogens (tertiary/aromatic N) is 2. The molecule has 36 heavy (non-hydrogen) atoms. The van der Waals surface area contributed by atoms with Crippen molar-refractivity contribution < 1.29 is 14.3 Å². The second-order valence-electron chi connectivity index (χ2n) is 9.37. The van der Waals surface area contributed by atoms with Gasteiger partial charge < -0.3 is 15.0 Å². The molecule has 1 N–H and O–H groups in total. The zero-order valence-corrected chi connectivity index (χ0v) is 22.3. The standard InChI is InChI=1S/C29H33N3O3S/c1-6-20(4)30-25(33)15-23-17-36-29-31-21(5)26(28(34)35-16-22-10-8-7-9-11-22)27(32(23)29)24-14-18(2)12-13-19(24)3/h7-14,17,20,27H,6,15-16H2,1-5H3,(H,30,33)/t20-,27+/m1/s1. The Balaban J connectivity index is 1.70. The predicted octanol–water partition coefficient (Wildman–Crippen LogP) is 5.93. The number of carbonyl (C=O) groups excluding carboxylic acids is 2. The van der Waals surface area contributed by atoms with E-state index in [9.17, 15) is 9.59 Å². The number of esters is 1.